The van der Waals surface area contributed by atoms with Crippen LogP contribution in [0.5, 0.6) is 0 Å². The molecule has 32 heavy (non-hydrogen) atoms. The highest BCUT2D eigenvalue weighted by atomic mass is 16.5. The molecule has 0 bridgehead atoms. The van der Waals surface area contributed by atoms with Crippen LogP contribution in [0.25, 0.3) is 6.08 Å². The molecular formula is C25H27N3O4. The Balaban J connectivity index is 1.53. The van der Waals surface area contributed by atoms with Gasteiger partial charge in [0.25, 0.3) is 11.8 Å². The van der Waals surface area contributed by atoms with Crippen LogP contribution in [0.15, 0.2) is 54.6 Å². The summed E-state index contributed by atoms with van der Waals surface area (Å²) in [6.07, 6.45) is 5.11. The van der Waals surface area contributed by atoms with E-state index >= 15 is 0 Å². The average Bonchev–Trinajstić information content (AvgIpc) is 3.64. The molecule has 0 unspecified atom stereocenters. The van der Waals surface area contributed by atoms with E-state index in [1.807, 2.05) is 6.08 Å². The predicted octanol–water partition coefficient (Wildman–Crippen LogP) is 1.99. The molecule has 166 valence electrons. The number of rotatable bonds is 8. The molecule has 2 atom stereocenters. The van der Waals surface area contributed by atoms with Gasteiger partial charge in [-0.1, -0.05) is 36.1 Å². The van der Waals surface area contributed by atoms with Gasteiger partial charge in [0, 0.05) is 23.7 Å². The normalized spacial score (nSPS) is 14.8. The van der Waals surface area contributed by atoms with Gasteiger partial charge in [-0.25, -0.2) is 5.48 Å². The van der Waals surface area contributed by atoms with E-state index in [1.165, 1.54) is 30.8 Å². The Morgan fingerprint density at radius 2 is 1.81 bits per heavy atom. The summed E-state index contributed by atoms with van der Waals surface area (Å²) in [5.41, 5.74) is 4.80. The molecule has 1 aliphatic carbocycles. The topological polar surface area (TPSA) is 111 Å². The van der Waals surface area contributed by atoms with Crippen LogP contribution in [-0.2, 0) is 11.3 Å². The molecule has 2 amide bonds. The van der Waals surface area contributed by atoms with Crippen LogP contribution in [0.4, 0.5) is 0 Å². The largest absolute Gasteiger partial charge is 0.391 e. The van der Waals surface area contributed by atoms with Crippen molar-refractivity contribution in [1.82, 2.24) is 16.1 Å². The lowest BCUT2D eigenvalue weighted by Crippen LogP contribution is -2.51. The Labute approximate surface area is 187 Å². The van der Waals surface area contributed by atoms with Crippen LogP contribution in [0.1, 0.15) is 46.8 Å². The molecule has 3 rings (SSSR count). The SMILES string of the molecule is C[C@H](O)[C@H](NC(=O)c1ccc(C#C/C=C/c2ccc(CNC3CC3)cc2)cc1)C(=O)NO. The van der Waals surface area contributed by atoms with Crippen molar-refractivity contribution in [2.75, 3.05) is 0 Å². The Morgan fingerprint density at radius 1 is 1.12 bits per heavy atom. The molecule has 0 radical (unpaired) electrons. The Bertz CT molecular complexity index is 1010. The van der Waals surface area contributed by atoms with Gasteiger partial charge >= 0.3 is 0 Å². The fourth-order valence-corrected chi connectivity index (χ4v) is 2.96. The van der Waals surface area contributed by atoms with Crippen molar-refractivity contribution in [2.24, 2.45) is 0 Å². The smallest absolute Gasteiger partial charge is 0.268 e. The summed E-state index contributed by atoms with van der Waals surface area (Å²) in [5, 5.41) is 24.2. The van der Waals surface area contributed by atoms with Gasteiger partial charge in [-0.05, 0) is 67.3 Å². The van der Waals surface area contributed by atoms with Gasteiger partial charge in [0.15, 0.2) is 0 Å². The van der Waals surface area contributed by atoms with Crippen molar-refractivity contribution in [3.05, 3.63) is 76.9 Å². The van der Waals surface area contributed by atoms with E-state index in [0.717, 1.165) is 17.7 Å². The summed E-state index contributed by atoms with van der Waals surface area (Å²) in [5.74, 6) is 4.53. The van der Waals surface area contributed by atoms with E-state index in [9.17, 15) is 14.7 Å². The van der Waals surface area contributed by atoms with Crippen LogP contribution in [-0.4, -0.2) is 40.3 Å². The summed E-state index contributed by atoms with van der Waals surface area (Å²) in [7, 11) is 0. The standard InChI is InChI=1S/C25H27N3O4/c1-17(29)23(25(31)28-32)27-24(30)21-12-10-19(11-13-21)5-3-2-4-18-6-8-20(9-7-18)16-26-22-14-15-22/h2,4,6-13,17,22-23,26,29,32H,14-16H2,1H3,(H,27,30)(H,28,31)/b4-2+/t17-,23-/m0/s1. The van der Waals surface area contributed by atoms with Gasteiger partial charge < -0.3 is 15.7 Å². The number of carbonyl (C=O) groups is 2. The van der Waals surface area contributed by atoms with Gasteiger partial charge in [-0.2, -0.15) is 0 Å². The predicted molar refractivity (Wildman–Crippen MR) is 122 cm³/mol. The monoisotopic (exact) mass is 433 g/mol. The molecule has 0 spiro atoms. The van der Waals surface area contributed by atoms with Crippen LogP contribution in [0, 0.1) is 11.8 Å². The molecule has 2 aromatic rings. The zero-order chi connectivity index (χ0) is 22.9. The number of aliphatic hydroxyl groups excluding tert-OH is 1. The number of hydroxylamine groups is 1. The molecule has 7 nitrogen and oxygen atoms in total. The minimum atomic E-state index is -1.26. The highest BCUT2D eigenvalue weighted by molar-refractivity contribution is 5.97. The molecule has 0 heterocycles. The number of allylic oxidation sites excluding steroid dienone is 1. The van der Waals surface area contributed by atoms with Crippen LogP contribution < -0.4 is 16.1 Å². The molecule has 7 heteroatoms. The van der Waals surface area contributed by atoms with E-state index in [-0.39, 0.29) is 0 Å². The zero-order valence-corrected chi connectivity index (χ0v) is 17.8. The van der Waals surface area contributed by atoms with Gasteiger partial charge in [0.1, 0.15) is 6.04 Å². The van der Waals surface area contributed by atoms with E-state index in [0.29, 0.717) is 11.6 Å². The number of benzene rings is 2. The zero-order valence-electron chi connectivity index (χ0n) is 17.8. The molecular weight excluding hydrogens is 406 g/mol. The third-order valence-electron chi connectivity index (χ3n) is 5.04. The highest BCUT2D eigenvalue weighted by Gasteiger charge is 2.25. The minimum Gasteiger partial charge on any atom is -0.391 e. The third kappa shape index (κ3) is 7.06. The molecule has 1 fully saturated rings. The fourth-order valence-electron chi connectivity index (χ4n) is 2.96. The lowest BCUT2D eigenvalue weighted by Gasteiger charge is -2.19. The third-order valence-corrected chi connectivity index (χ3v) is 5.04. The van der Waals surface area contributed by atoms with Crippen molar-refractivity contribution >= 4 is 17.9 Å². The Hall–Kier alpha value is -3.44. The highest BCUT2D eigenvalue weighted by Crippen LogP contribution is 2.19. The van der Waals surface area contributed by atoms with E-state index < -0.39 is 24.0 Å². The summed E-state index contributed by atoms with van der Waals surface area (Å²) in [6, 6.07) is 14.3. The first-order valence-corrected chi connectivity index (χ1v) is 10.5. The number of aliphatic hydroxyl groups is 1. The Kier molecular flexibility index (Phi) is 8.17. The van der Waals surface area contributed by atoms with Gasteiger partial charge in [-0.3, -0.25) is 14.8 Å². The maximum Gasteiger partial charge on any atom is 0.268 e. The van der Waals surface area contributed by atoms with Gasteiger partial charge in [0.2, 0.25) is 0 Å². The first kappa shape index (κ1) is 23.2. The van der Waals surface area contributed by atoms with Crippen molar-refractivity contribution in [1.29, 1.82) is 0 Å². The number of carbonyl (C=O) groups excluding carboxylic acids is 2. The maximum absolute atomic E-state index is 12.3. The minimum absolute atomic E-state index is 0.304. The second-order valence-electron chi connectivity index (χ2n) is 7.74. The average molecular weight is 434 g/mol. The molecule has 5 N–H and O–H groups in total. The molecule has 1 saturated carbocycles. The van der Waals surface area contributed by atoms with Crippen molar-refractivity contribution in [2.45, 2.75) is 44.5 Å². The first-order valence-electron chi connectivity index (χ1n) is 10.5. The van der Waals surface area contributed by atoms with E-state index in [4.69, 9.17) is 5.21 Å². The molecule has 0 saturated heterocycles. The molecule has 2 aromatic carbocycles. The number of hydrogen-bond donors (Lipinski definition) is 5. The van der Waals surface area contributed by atoms with Crippen molar-refractivity contribution in [3.8, 4) is 11.8 Å². The summed E-state index contributed by atoms with van der Waals surface area (Å²) < 4.78 is 0. The second-order valence-corrected chi connectivity index (χ2v) is 7.74. The maximum atomic E-state index is 12.3. The first-order chi connectivity index (χ1) is 15.5. The lowest BCUT2D eigenvalue weighted by atomic mass is 10.1. The molecule has 0 aliphatic heterocycles. The summed E-state index contributed by atoms with van der Waals surface area (Å²) in [6.45, 7) is 2.24. The number of hydrogen-bond acceptors (Lipinski definition) is 5. The lowest BCUT2D eigenvalue weighted by molar-refractivity contribution is -0.133. The van der Waals surface area contributed by atoms with Crippen LogP contribution in [0.3, 0.4) is 0 Å². The quantitative estimate of drug-likeness (QED) is 0.248. The van der Waals surface area contributed by atoms with Gasteiger partial charge in [-0.15, -0.1) is 0 Å². The summed E-state index contributed by atoms with van der Waals surface area (Å²) in [4.78, 5) is 23.8. The van der Waals surface area contributed by atoms with E-state index in [2.05, 4.69) is 46.7 Å². The number of amides is 2. The summed E-state index contributed by atoms with van der Waals surface area (Å²) >= 11 is 0. The fraction of sp³-hybridized carbons (Fsp3) is 0.280. The number of nitrogens with one attached hydrogen (secondary N) is 3. The van der Waals surface area contributed by atoms with Crippen LogP contribution in [0.2, 0.25) is 0 Å². The van der Waals surface area contributed by atoms with Crippen LogP contribution >= 0.6 is 0 Å². The van der Waals surface area contributed by atoms with Crippen molar-refractivity contribution < 1.29 is 19.9 Å². The van der Waals surface area contributed by atoms with Crippen molar-refractivity contribution in [3.63, 3.8) is 0 Å². The van der Waals surface area contributed by atoms with E-state index in [1.54, 1.807) is 30.3 Å². The second kappa shape index (κ2) is 11.3. The molecule has 0 aromatic heterocycles. The molecule has 1 aliphatic rings. The Morgan fingerprint density at radius 3 is 2.41 bits per heavy atom. The van der Waals surface area contributed by atoms with Gasteiger partial charge in [0.05, 0.1) is 6.10 Å².